The van der Waals surface area contributed by atoms with Gasteiger partial charge in [0.15, 0.2) is 0 Å². The van der Waals surface area contributed by atoms with Crippen molar-refractivity contribution in [1.29, 1.82) is 0 Å². The Labute approximate surface area is 149 Å². The minimum atomic E-state index is -0.356. The highest BCUT2D eigenvalue weighted by molar-refractivity contribution is 7.13. The molecule has 0 radical (unpaired) electrons. The molecular formula is C19H17FN2O2S. The molecule has 25 heavy (non-hydrogen) atoms. The van der Waals surface area contributed by atoms with Gasteiger partial charge in [0.2, 0.25) is 0 Å². The van der Waals surface area contributed by atoms with Crippen LogP contribution in [-0.4, -0.2) is 24.5 Å². The fourth-order valence-electron chi connectivity index (χ4n) is 2.30. The van der Waals surface area contributed by atoms with Crippen molar-refractivity contribution in [3.8, 4) is 16.3 Å². The number of amides is 1. The van der Waals surface area contributed by atoms with Crippen molar-refractivity contribution < 1.29 is 13.9 Å². The third kappa shape index (κ3) is 4.42. The average molecular weight is 356 g/mol. The van der Waals surface area contributed by atoms with E-state index in [1.807, 2.05) is 29.6 Å². The number of benzene rings is 2. The third-order valence-corrected chi connectivity index (χ3v) is 4.60. The highest BCUT2D eigenvalue weighted by atomic mass is 32.1. The topological polar surface area (TPSA) is 51.2 Å². The molecule has 0 bridgehead atoms. The predicted molar refractivity (Wildman–Crippen MR) is 96.5 cm³/mol. The summed E-state index contributed by atoms with van der Waals surface area (Å²) in [6.07, 6.45) is 0.638. The van der Waals surface area contributed by atoms with Gasteiger partial charge in [-0.15, -0.1) is 11.3 Å². The van der Waals surface area contributed by atoms with Crippen LogP contribution in [0.3, 0.4) is 0 Å². The number of carbonyl (C=O) groups excluding carboxylic acids is 1. The van der Waals surface area contributed by atoms with Gasteiger partial charge in [0.1, 0.15) is 16.6 Å². The molecule has 0 aliphatic rings. The molecule has 3 aromatic rings. The lowest BCUT2D eigenvalue weighted by Crippen LogP contribution is -2.25. The van der Waals surface area contributed by atoms with Gasteiger partial charge in [-0.05, 0) is 48.5 Å². The average Bonchev–Trinajstić information content (AvgIpc) is 3.11. The first kappa shape index (κ1) is 17.1. The van der Waals surface area contributed by atoms with Gasteiger partial charge in [-0.3, -0.25) is 4.79 Å². The summed E-state index contributed by atoms with van der Waals surface area (Å²) in [6, 6.07) is 13.2. The zero-order valence-electron chi connectivity index (χ0n) is 13.7. The molecule has 6 heteroatoms. The lowest BCUT2D eigenvalue weighted by Gasteiger charge is -2.04. The number of halogens is 1. The molecule has 0 atom stereocenters. The predicted octanol–water partition coefficient (Wildman–Crippen LogP) is 3.93. The lowest BCUT2D eigenvalue weighted by molar-refractivity contribution is 0.0954. The summed E-state index contributed by atoms with van der Waals surface area (Å²) in [4.78, 5) is 16.6. The van der Waals surface area contributed by atoms with Crippen molar-refractivity contribution in [2.45, 2.75) is 6.42 Å². The van der Waals surface area contributed by atoms with Gasteiger partial charge in [0.25, 0.3) is 5.91 Å². The van der Waals surface area contributed by atoms with Gasteiger partial charge in [-0.25, -0.2) is 9.37 Å². The molecule has 1 heterocycles. The van der Waals surface area contributed by atoms with Crippen LogP contribution in [-0.2, 0) is 6.42 Å². The van der Waals surface area contributed by atoms with Crippen LogP contribution in [0.4, 0.5) is 4.39 Å². The summed E-state index contributed by atoms with van der Waals surface area (Å²) in [6.45, 7) is 0.474. The quantitative estimate of drug-likeness (QED) is 0.728. The second-order valence-corrected chi connectivity index (χ2v) is 6.24. The molecule has 0 saturated carbocycles. The number of methoxy groups -OCH3 is 1. The van der Waals surface area contributed by atoms with Crippen molar-refractivity contribution in [1.82, 2.24) is 10.3 Å². The number of hydrogen-bond donors (Lipinski definition) is 1. The second kappa shape index (κ2) is 7.90. The Bertz CT molecular complexity index is 845. The van der Waals surface area contributed by atoms with Crippen LogP contribution in [0.2, 0.25) is 0 Å². The maximum absolute atomic E-state index is 12.9. The van der Waals surface area contributed by atoms with Gasteiger partial charge < -0.3 is 10.1 Å². The minimum absolute atomic E-state index is 0.217. The summed E-state index contributed by atoms with van der Waals surface area (Å²) in [7, 11) is 1.64. The van der Waals surface area contributed by atoms with E-state index in [9.17, 15) is 9.18 Å². The molecule has 0 fully saturated rings. The Balaban J connectivity index is 1.54. The molecular weight excluding hydrogens is 339 g/mol. The number of rotatable bonds is 6. The van der Waals surface area contributed by atoms with Gasteiger partial charge >= 0.3 is 0 Å². The van der Waals surface area contributed by atoms with Crippen LogP contribution < -0.4 is 10.1 Å². The number of nitrogens with zero attached hydrogens (tertiary/aromatic N) is 1. The Morgan fingerprint density at radius 2 is 1.88 bits per heavy atom. The monoisotopic (exact) mass is 356 g/mol. The van der Waals surface area contributed by atoms with Crippen LogP contribution in [0.25, 0.3) is 10.6 Å². The summed E-state index contributed by atoms with van der Waals surface area (Å²) in [5, 5.41) is 5.74. The molecule has 0 unspecified atom stereocenters. The summed E-state index contributed by atoms with van der Waals surface area (Å²) in [5.41, 5.74) is 2.40. The first-order valence-electron chi connectivity index (χ1n) is 7.78. The van der Waals surface area contributed by atoms with Crippen LogP contribution in [0.5, 0.6) is 5.75 Å². The van der Waals surface area contributed by atoms with Gasteiger partial charge in [-0.2, -0.15) is 0 Å². The first-order valence-corrected chi connectivity index (χ1v) is 8.66. The molecule has 0 aliphatic carbocycles. The number of ether oxygens (including phenoxy) is 1. The second-order valence-electron chi connectivity index (χ2n) is 5.39. The molecule has 0 aliphatic heterocycles. The molecule has 0 spiro atoms. The van der Waals surface area contributed by atoms with Crippen molar-refractivity contribution in [2.24, 2.45) is 0 Å². The SMILES string of the molecule is COc1ccc(-c2nc(CCNC(=O)c3ccc(F)cc3)cs2)cc1. The summed E-state index contributed by atoms with van der Waals surface area (Å²) >= 11 is 1.57. The molecule has 3 rings (SSSR count). The fraction of sp³-hybridized carbons (Fsp3) is 0.158. The van der Waals surface area contributed by atoms with Gasteiger partial charge in [0.05, 0.1) is 12.8 Å². The van der Waals surface area contributed by atoms with E-state index in [0.717, 1.165) is 22.0 Å². The molecule has 1 amide bonds. The van der Waals surface area contributed by atoms with Crippen molar-refractivity contribution >= 4 is 17.2 Å². The molecule has 1 N–H and O–H groups in total. The van der Waals surface area contributed by atoms with E-state index in [-0.39, 0.29) is 11.7 Å². The van der Waals surface area contributed by atoms with E-state index >= 15 is 0 Å². The van der Waals surface area contributed by atoms with Gasteiger partial charge in [-0.1, -0.05) is 0 Å². The van der Waals surface area contributed by atoms with Crippen molar-refractivity contribution in [2.75, 3.05) is 13.7 Å². The lowest BCUT2D eigenvalue weighted by atomic mass is 10.2. The number of nitrogens with one attached hydrogen (secondary N) is 1. The highest BCUT2D eigenvalue weighted by Crippen LogP contribution is 2.25. The van der Waals surface area contributed by atoms with Crippen molar-refractivity contribution in [3.05, 3.63) is 71.0 Å². The van der Waals surface area contributed by atoms with Crippen LogP contribution in [0.1, 0.15) is 16.1 Å². The Morgan fingerprint density at radius 1 is 1.16 bits per heavy atom. The summed E-state index contributed by atoms with van der Waals surface area (Å²) in [5.74, 6) is 0.236. The molecule has 1 aromatic heterocycles. The molecule has 2 aromatic carbocycles. The first-order chi connectivity index (χ1) is 12.2. The number of thiazole rings is 1. The number of aromatic nitrogens is 1. The van der Waals surface area contributed by atoms with E-state index in [2.05, 4.69) is 10.3 Å². The number of hydrogen-bond acceptors (Lipinski definition) is 4. The number of carbonyl (C=O) groups is 1. The largest absolute Gasteiger partial charge is 0.497 e. The van der Waals surface area contributed by atoms with Gasteiger partial charge in [0, 0.05) is 29.5 Å². The van der Waals surface area contributed by atoms with E-state index in [4.69, 9.17) is 4.74 Å². The fourth-order valence-corrected chi connectivity index (χ4v) is 3.16. The maximum atomic E-state index is 12.9. The molecule has 4 nitrogen and oxygen atoms in total. The maximum Gasteiger partial charge on any atom is 0.251 e. The van der Waals surface area contributed by atoms with Crippen LogP contribution >= 0.6 is 11.3 Å². The Hall–Kier alpha value is -2.73. The highest BCUT2D eigenvalue weighted by Gasteiger charge is 2.07. The molecule has 0 saturated heterocycles. The normalized spacial score (nSPS) is 10.5. The van der Waals surface area contributed by atoms with Crippen LogP contribution in [0.15, 0.2) is 53.9 Å². The third-order valence-electron chi connectivity index (χ3n) is 3.66. The zero-order valence-corrected chi connectivity index (χ0v) is 14.5. The van der Waals surface area contributed by atoms with Crippen LogP contribution in [0, 0.1) is 5.82 Å². The minimum Gasteiger partial charge on any atom is -0.497 e. The standard InChI is InChI=1S/C19H17FN2O2S/c1-24-17-8-4-14(5-9-17)19-22-16(12-25-19)10-11-21-18(23)13-2-6-15(20)7-3-13/h2-9,12H,10-11H2,1H3,(H,21,23). The smallest absolute Gasteiger partial charge is 0.251 e. The van der Waals surface area contributed by atoms with E-state index < -0.39 is 0 Å². The Kier molecular flexibility index (Phi) is 5.40. The van der Waals surface area contributed by atoms with E-state index in [1.54, 1.807) is 18.4 Å². The van der Waals surface area contributed by atoms with E-state index in [0.29, 0.717) is 18.5 Å². The Morgan fingerprint density at radius 3 is 2.56 bits per heavy atom. The van der Waals surface area contributed by atoms with E-state index in [1.165, 1.54) is 24.3 Å². The van der Waals surface area contributed by atoms with Crippen molar-refractivity contribution in [3.63, 3.8) is 0 Å². The summed E-state index contributed by atoms with van der Waals surface area (Å²) < 4.78 is 18.0. The molecule has 128 valence electrons. The zero-order chi connectivity index (χ0) is 17.6.